The zero-order chi connectivity index (χ0) is 13.9. The minimum absolute atomic E-state index is 0.0272. The minimum Gasteiger partial charge on any atom is -0.311 e. The molecule has 0 saturated carbocycles. The molecule has 2 nitrogen and oxygen atoms in total. The van der Waals surface area contributed by atoms with Gasteiger partial charge in [-0.2, -0.15) is 0 Å². The Morgan fingerprint density at radius 2 is 2.22 bits per heavy atom. The first-order valence-electron chi connectivity index (χ1n) is 6.51. The fraction of sp³-hybridized carbons (Fsp3) is 0.667. The number of hydrogen-bond donors (Lipinski definition) is 0. The van der Waals surface area contributed by atoms with E-state index in [-0.39, 0.29) is 17.2 Å². The Kier molecular flexibility index (Phi) is 5.03. The van der Waals surface area contributed by atoms with Gasteiger partial charge in [0.25, 0.3) is 0 Å². The fourth-order valence-corrected chi connectivity index (χ4v) is 2.99. The van der Waals surface area contributed by atoms with Gasteiger partial charge in [0.05, 0.1) is 0 Å². The summed E-state index contributed by atoms with van der Waals surface area (Å²) in [5.74, 6) is 0.587. The monoisotopic (exact) mass is 269 g/mol. The highest BCUT2D eigenvalue weighted by Crippen LogP contribution is 2.43. The second-order valence-electron chi connectivity index (χ2n) is 5.90. The van der Waals surface area contributed by atoms with E-state index in [9.17, 15) is 4.79 Å². The average Bonchev–Trinajstić information content (AvgIpc) is 2.29. The van der Waals surface area contributed by atoms with Gasteiger partial charge in [0.1, 0.15) is 5.88 Å². The summed E-state index contributed by atoms with van der Waals surface area (Å²) in [6, 6.07) is 0. The Balaban J connectivity index is 3.16. The van der Waals surface area contributed by atoms with Crippen molar-refractivity contribution in [1.29, 1.82) is 0 Å². The van der Waals surface area contributed by atoms with E-state index < -0.39 is 0 Å². The molecule has 1 unspecified atom stereocenters. The SMILES string of the molecule is C=CCN(C(=O)CCl)C1=C(C)C(C)(C)CC(C)C1. The summed E-state index contributed by atoms with van der Waals surface area (Å²) in [6.07, 6.45) is 3.88. The molecule has 18 heavy (non-hydrogen) atoms. The standard InChI is InChI=1S/C15H24ClNO/c1-6-7-17(14(18)10-16)13-8-11(2)9-15(4,5)12(13)3/h6,11H,1,7-10H2,2-5H3. The molecule has 0 saturated heterocycles. The van der Waals surface area contributed by atoms with Crippen LogP contribution in [-0.2, 0) is 4.79 Å². The second kappa shape index (κ2) is 5.92. The number of hydrogen-bond acceptors (Lipinski definition) is 1. The highest BCUT2D eigenvalue weighted by Gasteiger charge is 2.33. The van der Waals surface area contributed by atoms with E-state index in [1.807, 2.05) is 0 Å². The summed E-state index contributed by atoms with van der Waals surface area (Å²) in [4.78, 5) is 13.8. The van der Waals surface area contributed by atoms with E-state index >= 15 is 0 Å². The quantitative estimate of drug-likeness (QED) is 0.559. The minimum atomic E-state index is -0.0317. The summed E-state index contributed by atoms with van der Waals surface area (Å²) in [5, 5.41) is 0. The molecule has 0 aromatic carbocycles. The van der Waals surface area contributed by atoms with Gasteiger partial charge in [-0.15, -0.1) is 18.2 Å². The topological polar surface area (TPSA) is 20.3 Å². The van der Waals surface area contributed by atoms with Crippen LogP contribution in [0.4, 0.5) is 0 Å². The van der Waals surface area contributed by atoms with Crippen LogP contribution in [0.5, 0.6) is 0 Å². The molecule has 0 aliphatic heterocycles. The van der Waals surface area contributed by atoms with Crippen LogP contribution in [0.3, 0.4) is 0 Å². The molecule has 1 aliphatic rings. The first-order chi connectivity index (χ1) is 8.33. The Hall–Kier alpha value is -0.760. The van der Waals surface area contributed by atoms with Gasteiger partial charge in [0.2, 0.25) is 5.91 Å². The zero-order valence-electron chi connectivity index (χ0n) is 11.9. The third-order valence-corrected chi connectivity index (χ3v) is 4.13. The fourth-order valence-electron chi connectivity index (χ4n) is 2.85. The van der Waals surface area contributed by atoms with Gasteiger partial charge in [0, 0.05) is 12.2 Å². The predicted octanol–water partition coefficient (Wildman–Crippen LogP) is 3.97. The number of amides is 1. The second-order valence-corrected chi connectivity index (χ2v) is 6.16. The smallest absolute Gasteiger partial charge is 0.241 e. The van der Waals surface area contributed by atoms with Gasteiger partial charge in [-0.1, -0.05) is 26.8 Å². The average molecular weight is 270 g/mol. The van der Waals surface area contributed by atoms with Gasteiger partial charge in [-0.25, -0.2) is 0 Å². The van der Waals surface area contributed by atoms with Gasteiger partial charge in [0.15, 0.2) is 0 Å². The highest BCUT2D eigenvalue weighted by molar-refractivity contribution is 6.27. The lowest BCUT2D eigenvalue weighted by Gasteiger charge is -2.40. The maximum atomic E-state index is 12.0. The first-order valence-corrected chi connectivity index (χ1v) is 7.04. The highest BCUT2D eigenvalue weighted by atomic mass is 35.5. The van der Waals surface area contributed by atoms with Crippen molar-refractivity contribution in [1.82, 2.24) is 4.90 Å². The molecule has 0 fully saturated rings. The number of carbonyl (C=O) groups excluding carboxylic acids is 1. The van der Waals surface area contributed by atoms with Gasteiger partial charge in [-0.3, -0.25) is 4.79 Å². The van der Waals surface area contributed by atoms with Crippen molar-refractivity contribution in [3.05, 3.63) is 23.9 Å². The number of allylic oxidation sites excluding steroid dienone is 2. The molecule has 0 radical (unpaired) electrons. The Morgan fingerprint density at radius 3 is 2.72 bits per heavy atom. The molecule has 0 spiro atoms. The molecule has 1 rings (SSSR count). The number of halogens is 1. The molecular weight excluding hydrogens is 246 g/mol. The molecule has 0 bridgehead atoms. The number of rotatable bonds is 4. The van der Waals surface area contributed by atoms with Crippen molar-refractivity contribution in [2.75, 3.05) is 12.4 Å². The van der Waals surface area contributed by atoms with Crippen LogP contribution in [0.15, 0.2) is 23.9 Å². The largest absolute Gasteiger partial charge is 0.311 e. The van der Waals surface area contributed by atoms with Crippen molar-refractivity contribution in [3.8, 4) is 0 Å². The van der Waals surface area contributed by atoms with E-state index in [0.29, 0.717) is 12.5 Å². The van der Waals surface area contributed by atoms with Crippen molar-refractivity contribution in [2.24, 2.45) is 11.3 Å². The maximum Gasteiger partial charge on any atom is 0.241 e. The summed E-state index contributed by atoms with van der Waals surface area (Å²) in [5.41, 5.74) is 2.60. The van der Waals surface area contributed by atoms with Crippen LogP contribution < -0.4 is 0 Å². The Morgan fingerprint density at radius 1 is 1.61 bits per heavy atom. The lowest BCUT2D eigenvalue weighted by atomic mass is 9.71. The van der Waals surface area contributed by atoms with E-state index in [2.05, 4.69) is 34.3 Å². The van der Waals surface area contributed by atoms with Crippen LogP contribution in [-0.4, -0.2) is 23.2 Å². The van der Waals surface area contributed by atoms with Gasteiger partial charge >= 0.3 is 0 Å². The molecule has 0 N–H and O–H groups in total. The lowest BCUT2D eigenvalue weighted by molar-refractivity contribution is -0.126. The molecule has 1 atom stereocenters. The third-order valence-electron chi connectivity index (χ3n) is 3.90. The van der Waals surface area contributed by atoms with Gasteiger partial charge < -0.3 is 4.90 Å². The van der Waals surface area contributed by atoms with Crippen molar-refractivity contribution < 1.29 is 4.79 Å². The van der Waals surface area contributed by atoms with E-state index in [4.69, 9.17) is 11.6 Å². The number of alkyl halides is 1. The Bertz CT molecular complexity index is 371. The molecular formula is C15H24ClNO. The molecule has 0 aromatic rings. The van der Waals surface area contributed by atoms with Gasteiger partial charge in [-0.05, 0) is 36.7 Å². The van der Waals surface area contributed by atoms with Crippen molar-refractivity contribution in [2.45, 2.75) is 40.5 Å². The molecule has 0 heterocycles. The summed E-state index contributed by atoms with van der Waals surface area (Å²) < 4.78 is 0. The molecule has 1 amide bonds. The molecule has 3 heteroatoms. The summed E-state index contributed by atoms with van der Waals surface area (Å²) >= 11 is 5.71. The number of carbonyl (C=O) groups is 1. The normalized spacial score (nSPS) is 22.8. The van der Waals surface area contributed by atoms with Crippen molar-refractivity contribution in [3.63, 3.8) is 0 Å². The summed E-state index contributed by atoms with van der Waals surface area (Å²) in [7, 11) is 0. The molecule has 0 aromatic heterocycles. The van der Waals surface area contributed by atoms with E-state index in [0.717, 1.165) is 12.1 Å². The van der Waals surface area contributed by atoms with Crippen LogP contribution in [0, 0.1) is 11.3 Å². The predicted molar refractivity (Wildman–Crippen MR) is 77.5 cm³/mol. The van der Waals surface area contributed by atoms with E-state index in [1.165, 1.54) is 12.0 Å². The van der Waals surface area contributed by atoms with Crippen molar-refractivity contribution >= 4 is 17.5 Å². The lowest BCUT2D eigenvalue weighted by Crippen LogP contribution is -2.37. The van der Waals surface area contributed by atoms with Crippen LogP contribution in [0.25, 0.3) is 0 Å². The first kappa shape index (κ1) is 15.3. The summed E-state index contributed by atoms with van der Waals surface area (Å²) in [6.45, 7) is 13.1. The molecule has 1 aliphatic carbocycles. The van der Waals surface area contributed by atoms with Crippen LogP contribution >= 0.6 is 11.6 Å². The zero-order valence-corrected chi connectivity index (χ0v) is 12.7. The van der Waals surface area contributed by atoms with Crippen LogP contribution in [0.2, 0.25) is 0 Å². The third kappa shape index (κ3) is 3.17. The Labute approximate surface area is 116 Å². The molecule has 102 valence electrons. The maximum absolute atomic E-state index is 12.0. The number of nitrogens with zero attached hydrogens (tertiary/aromatic N) is 1. The van der Waals surface area contributed by atoms with E-state index in [1.54, 1.807) is 11.0 Å². The van der Waals surface area contributed by atoms with Crippen LogP contribution in [0.1, 0.15) is 40.5 Å².